The molecule has 0 radical (unpaired) electrons. The molecule has 1 aromatic rings. The highest BCUT2D eigenvalue weighted by molar-refractivity contribution is 6.32. The number of benzene rings is 1. The van der Waals surface area contributed by atoms with Crippen LogP contribution in [0.4, 0.5) is 8.78 Å². The van der Waals surface area contributed by atoms with E-state index in [9.17, 15) is 8.78 Å². The van der Waals surface area contributed by atoms with Crippen molar-refractivity contribution in [1.82, 2.24) is 0 Å². The van der Waals surface area contributed by atoms with E-state index in [4.69, 9.17) is 11.6 Å². The van der Waals surface area contributed by atoms with E-state index in [1.165, 1.54) is 12.1 Å². The van der Waals surface area contributed by atoms with Crippen LogP contribution in [0.3, 0.4) is 0 Å². The number of rotatable bonds is 2. The molecule has 0 saturated heterocycles. The van der Waals surface area contributed by atoms with Gasteiger partial charge in [-0.05, 0) is 24.6 Å². The summed E-state index contributed by atoms with van der Waals surface area (Å²) in [5, 5.41) is 0.195. The van der Waals surface area contributed by atoms with Crippen LogP contribution in [0.15, 0.2) is 18.2 Å². The molecule has 1 rings (SSSR count). The standard InChI is InChI=1S/C8H7ClF2O/c1-5-2-3-6(9)7(4-5)12-8(10)11/h2-4,8H,1H3. The van der Waals surface area contributed by atoms with Crippen molar-refractivity contribution >= 4 is 11.6 Å². The number of aryl methyl sites for hydroxylation is 1. The lowest BCUT2D eigenvalue weighted by Crippen LogP contribution is -2.02. The molecular formula is C8H7ClF2O. The zero-order chi connectivity index (χ0) is 9.14. The van der Waals surface area contributed by atoms with E-state index >= 15 is 0 Å². The Kier molecular flexibility index (Phi) is 2.87. The van der Waals surface area contributed by atoms with Crippen LogP contribution in [0.5, 0.6) is 5.75 Å². The van der Waals surface area contributed by atoms with Crippen molar-refractivity contribution < 1.29 is 13.5 Å². The lowest BCUT2D eigenvalue weighted by molar-refractivity contribution is -0.0498. The van der Waals surface area contributed by atoms with Gasteiger partial charge in [-0.1, -0.05) is 17.7 Å². The molecule has 0 fully saturated rings. The predicted octanol–water partition coefficient (Wildman–Crippen LogP) is 3.25. The van der Waals surface area contributed by atoms with Crippen LogP contribution in [0.25, 0.3) is 0 Å². The van der Waals surface area contributed by atoms with Gasteiger partial charge in [-0.2, -0.15) is 8.78 Å². The van der Waals surface area contributed by atoms with E-state index < -0.39 is 6.61 Å². The molecule has 0 heterocycles. The summed E-state index contributed by atoms with van der Waals surface area (Å²) in [5.41, 5.74) is 0.829. The normalized spacial score (nSPS) is 10.4. The van der Waals surface area contributed by atoms with Gasteiger partial charge in [0.2, 0.25) is 0 Å². The smallest absolute Gasteiger partial charge is 0.387 e. The quantitative estimate of drug-likeness (QED) is 0.699. The van der Waals surface area contributed by atoms with Crippen molar-refractivity contribution in [2.45, 2.75) is 13.5 Å². The third-order valence-corrected chi connectivity index (χ3v) is 1.62. The van der Waals surface area contributed by atoms with Gasteiger partial charge in [0.15, 0.2) is 0 Å². The van der Waals surface area contributed by atoms with Crippen LogP contribution in [0, 0.1) is 6.92 Å². The van der Waals surface area contributed by atoms with E-state index in [0.717, 1.165) is 5.56 Å². The van der Waals surface area contributed by atoms with Gasteiger partial charge in [-0.3, -0.25) is 0 Å². The average molecular weight is 193 g/mol. The molecule has 0 amide bonds. The molecule has 0 aromatic heterocycles. The van der Waals surface area contributed by atoms with Gasteiger partial charge in [0, 0.05) is 0 Å². The average Bonchev–Trinajstić information content (AvgIpc) is 1.96. The van der Waals surface area contributed by atoms with Crippen LogP contribution in [-0.2, 0) is 0 Å². The fourth-order valence-electron chi connectivity index (χ4n) is 0.797. The molecule has 0 aliphatic heterocycles. The Balaban J connectivity index is 2.90. The zero-order valence-corrected chi connectivity index (χ0v) is 7.11. The van der Waals surface area contributed by atoms with E-state index in [-0.39, 0.29) is 10.8 Å². The number of hydrogen-bond donors (Lipinski definition) is 0. The monoisotopic (exact) mass is 192 g/mol. The second-order valence-corrected chi connectivity index (χ2v) is 2.72. The maximum absolute atomic E-state index is 11.8. The van der Waals surface area contributed by atoms with Crippen LogP contribution >= 0.6 is 11.6 Å². The number of ether oxygens (including phenoxy) is 1. The zero-order valence-electron chi connectivity index (χ0n) is 6.35. The maximum atomic E-state index is 11.8. The number of halogens is 3. The Morgan fingerprint density at radius 3 is 2.67 bits per heavy atom. The van der Waals surface area contributed by atoms with Crippen molar-refractivity contribution in [2.75, 3.05) is 0 Å². The SMILES string of the molecule is Cc1ccc(Cl)c(OC(F)F)c1. The third kappa shape index (κ3) is 2.34. The molecule has 0 spiro atoms. The molecule has 0 unspecified atom stereocenters. The highest BCUT2D eigenvalue weighted by Gasteiger charge is 2.07. The topological polar surface area (TPSA) is 9.23 Å². The summed E-state index contributed by atoms with van der Waals surface area (Å²) in [5.74, 6) is 0.0201. The van der Waals surface area contributed by atoms with Crippen molar-refractivity contribution in [2.24, 2.45) is 0 Å². The molecule has 12 heavy (non-hydrogen) atoms. The Morgan fingerprint density at radius 1 is 1.42 bits per heavy atom. The lowest BCUT2D eigenvalue weighted by atomic mass is 10.2. The summed E-state index contributed by atoms with van der Waals surface area (Å²) in [6.07, 6.45) is 0. The molecule has 1 aromatic carbocycles. The Labute approximate surface area is 73.9 Å². The molecule has 0 N–H and O–H groups in total. The van der Waals surface area contributed by atoms with E-state index in [1.54, 1.807) is 13.0 Å². The second-order valence-electron chi connectivity index (χ2n) is 2.31. The largest absolute Gasteiger partial charge is 0.433 e. The lowest BCUT2D eigenvalue weighted by Gasteiger charge is -2.06. The molecule has 4 heteroatoms. The minimum atomic E-state index is -2.83. The van der Waals surface area contributed by atoms with E-state index in [1.807, 2.05) is 0 Å². The highest BCUT2D eigenvalue weighted by Crippen LogP contribution is 2.26. The fourth-order valence-corrected chi connectivity index (χ4v) is 0.959. The van der Waals surface area contributed by atoms with Gasteiger partial charge >= 0.3 is 6.61 Å². The Morgan fingerprint density at radius 2 is 2.08 bits per heavy atom. The van der Waals surface area contributed by atoms with Crippen molar-refractivity contribution in [3.63, 3.8) is 0 Å². The summed E-state index contributed by atoms with van der Waals surface area (Å²) in [6, 6.07) is 4.71. The van der Waals surface area contributed by atoms with Crippen LogP contribution < -0.4 is 4.74 Å². The van der Waals surface area contributed by atoms with Crippen molar-refractivity contribution in [3.8, 4) is 5.75 Å². The van der Waals surface area contributed by atoms with Crippen molar-refractivity contribution in [3.05, 3.63) is 28.8 Å². The van der Waals surface area contributed by atoms with Crippen molar-refractivity contribution in [1.29, 1.82) is 0 Å². The van der Waals surface area contributed by atoms with Crippen LogP contribution in [-0.4, -0.2) is 6.61 Å². The molecular weight excluding hydrogens is 186 g/mol. The Bertz CT molecular complexity index is 276. The first-order valence-electron chi connectivity index (χ1n) is 3.30. The third-order valence-electron chi connectivity index (χ3n) is 1.30. The first-order chi connectivity index (χ1) is 5.59. The molecule has 1 nitrogen and oxygen atoms in total. The van der Waals surface area contributed by atoms with Crippen LogP contribution in [0.2, 0.25) is 5.02 Å². The van der Waals surface area contributed by atoms with Gasteiger partial charge < -0.3 is 4.74 Å². The molecule has 0 atom stereocenters. The second kappa shape index (κ2) is 3.72. The molecule has 66 valence electrons. The van der Waals surface area contributed by atoms with Gasteiger partial charge in [0.25, 0.3) is 0 Å². The number of alkyl halides is 2. The van der Waals surface area contributed by atoms with E-state index in [2.05, 4.69) is 4.74 Å². The Hall–Kier alpha value is -0.830. The summed E-state index contributed by atoms with van der Waals surface area (Å²) in [4.78, 5) is 0. The highest BCUT2D eigenvalue weighted by atomic mass is 35.5. The van der Waals surface area contributed by atoms with E-state index in [0.29, 0.717) is 0 Å². The van der Waals surface area contributed by atoms with Gasteiger partial charge in [0.05, 0.1) is 5.02 Å². The molecule has 0 saturated carbocycles. The predicted molar refractivity (Wildman–Crippen MR) is 42.8 cm³/mol. The molecule has 0 aliphatic carbocycles. The first kappa shape index (κ1) is 9.26. The van der Waals surface area contributed by atoms with Gasteiger partial charge in [0.1, 0.15) is 5.75 Å². The molecule has 0 bridgehead atoms. The molecule has 0 aliphatic rings. The minimum Gasteiger partial charge on any atom is -0.433 e. The first-order valence-corrected chi connectivity index (χ1v) is 3.68. The van der Waals surface area contributed by atoms with Gasteiger partial charge in [-0.15, -0.1) is 0 Å². The van der Waals surface area contributed by atoms with Crippen LogP contribution in [0.1, 0.15) is 5.56 Å². The fraction of sp³-hybridized carbons (Fsp3) is 0.250. The summed E-state index contributed by atoms with van der Waals surface area (Å²) in [7, 11) is 0. The summed E-state index contributed by atoms with van der Waals surface area (Å²) >= 11 is 5.58. The number of hydrogen-bond acceptors (Lipinski definition) is 1. The maximum Gasteiger partial charge on any atom is 0.387 e. The summed E-state index contributed by atoms with van der Waals surface area (Å²) < 4.78 is 27.7. The minimum absolute atomic E-state index is 0.0201. The van der Waals surface area contributed by atoms with Gasteiger partial charge in [-0.25, -0.2) is 0 Å². The summed E-state index contributed by atoms with van der Waals surface area (Å²) in [6.45, 7) is -1.06.